The van der Waals surface area contributed by atoms with Crippen LogP contribution >= 0.6 is 11.6 Å². The van der Waals surface area contributed by atoms with Crippen LogP contribution in [0.15, 0.2) is 36.4 Å². The van der Waals surface area contributed by atoms with E-state index in [1.54, 1.807) is 24.3 Å². The summed E-state index contributed by atoms with van der Waals surface area (Å²) in [5.41, 5.74) is 2.65. The van der Waals surface area contributed by atoms with Gasteiger partial charge in [0, 0.05) is 12.0 Å². The fourth-order valence-corrected chi connectivity index (χ4v) is 4.33. The molecule has 0 aromatic heterocycles. The lowest BCUT2D eigenvalue weighted by Gasteiger charge is -2.43. The SMILES string of the molecule is O=C(O)c1cccc(-c2ccc(Cl)c3c2C2(CCCCC2=O)NCN3)c1. The highest BCUT2D eigenvalue weighted by atomic mass is 35.5. The summed E-state index contributed by atoms with van der Waals surface area (Å²) in [7, 11) is 0. The number of rotatable bonds is 2. The third kappa shape index (κ3) is 2.59. The molecule has 2 aromatic rings. The van der Waals surface area contributed by atoms with Crippen molar-refractivity contribution in [1.29, 1.82) is 0 Å². The molecule has 1 aliphatic heterocycles. The van der Waals surface area contributed by atoms with Crippen LogP contribution in [-0.2, 0) is 10.3 Å². The number of halogens is 1. The van der Waals surface area contributed by atoms with Crippen LogP contribution < -0.4 is 10.6 Å². The Morgan fingerprint density at radius 1 is 1.19 bits per heavy atom. The lowest BCUT2D eigenvalue weighted by atomic mass is 9.71. The first-order valence-corrected chi connectivity index (χ1v) is 9.10. The summed E-state index contributed by atoms with van der Waals surface area (Å²) in [6.45, 7) is 0.469. The van der Waals surface area contributed by atoms with Crippen LogP contribution in [0, 0.1) is 0 Å². The third-order valence-corrected chi connectivity index (χ3v) is 5.65. The topological polar surface area (TPSA) is 78.4 Å². The molecule has 26 heavy (non-hydrogen) atoms. The third-order valence-electron chi connectivity index (χ3n) is 5.34. The monoisotopic (exact) mass is 370 g/mol. The number of benzene rings is 2. The molecule has 2 aliphatic rings. The molecule has 1 fully saturated rings. The predicted molar refractivity (Wildman–Crippen MR) is 101 cm³/mol. The number of carbonyl (C=O) groups excluding carboxylic acids is 1. The first-order valence-electron chi connectivity index (χ1n) is 8.72. The second kappa shape index (κ2) is 6.41. The smallest absolute Gasteiger partial charge is 0.335 e. The van der Waals surface area contributed by atoms with Gasteiger partial charge in [0.05, 0.1) is 22.9 Å². The molecule has 3 N–H and O–H groups in total. The molecule has 2 aromatic carbocycles. The Hall–Kier alpha value is -2.37. The van der Waals surface area contributed by atoms with Gasteiger partial charge in [-0.15, -0.1) is 0 Å². The maximum atomic E-state index is 13.0. The molecule has 6 heteroatoms. The van der Waals surface area contributed by atoms with Crippen LogP contribution in [0.1, 0.15) is 41.6 Å². The van der Waals surface area contributed by atoms with Gasteiger partial charge < -0.3 is 10.4 Å². The molecular weight excluding hydrogens is 352 g/mol. The summed E-state index contributed by atoms with van der Waals surface area (Å²) in [6, 6.07) is 10.5. The highest BCUT2D eigenvalue weighted by molar-refractivity contribution is 6.33. The lowest BCUT2D eigenvalue weighted by Crippen LogP contribution is -2.55. The van der Waals surface area contributed by atoms with E-state index < -0.39 is 11.5 Å². The zero-order chi connectivity index (χ0) is 18.3. The van der Waals surface area contributed by atoms with E-state index in [-0.39, 0.29) is 11.3 Å². The molecule has 134 valence electrons. The second-order valence-electron chi connectivity index (χ2n) is 6.80. The highest BCUT2D eigenvalue weighted by Crippen LogP contribution is 2.47. The fourth-order valence-electron chi connectivity index (χ4n) is 4.11. The average molecular weight is 371 g/mol. The van der Waals surface area contributed by atoms with Crippen LogP contribution in [0.2, 0.25) is 5.02 Å². The van der Waals surface area contributed by atoms with Crippen molar-refractivity contribution >= 4 is 29.0 Å². The molecular formula is C20H19ClN2O3. The number of carboxylic acids is 1. The summed E-state index contributed by atoms with van der Waals surface area (Å²) >= 11 is 6.44. The number of hydrogen-bond donors (Lipinski definition) is 3. The number of hydrogen-bond acceptors (Lipinski definition) is 4. The first-order chi connectivity index (χ1) is 12.5. The first kappa shape index (κ1) is 17.1. The summed E-state index contributed by atoms with van der Waals surface area (Å²) in [6.07, 6.45) is 3.11. The van der Waals surface area contributed by atoms with Crippen LogP contribution in [0.5, 0.6) is 0 Å². The van der Waals surface area contributed by atoms with Gasteiger partial charge >= 0.3 is 5.97 Å². The standard InChI is InChI=1S/C20H19ClN2O3/c21-15-8-7-14(12-4-3-5-13(10-12)19(25)26)17-18(15)22-11-23-20(17)9-2-1-6-16(20)24/h3-5,7-8,10,22-23H,1-2,6,9,11H2,(H,25,26). The number of carbonyl (C=O) groups is 2. The highest BCUT2D eigenvalue weighted by Gasteiger charge is 2.46. The Labute approximate surface area is 156 Å². The van der Waals surface area contributed by atoms with Crippen LogP contribution in [-0.4, -0.2) is 23.5 Å². The van der Waals surface area contributed by atoms with E-state index in [4.69, 9.17) is 11.6 Å². The maximum Gasteiger partial charge on any atom is 0.335 e. The van der Waals surface area contributed by atoms with Crippen molar-refractivity contribution < 1.29 is 14.7 Å². The Balaban J connectivity index is 1.97. The van der Waals surface area contributed by atoms with Gasteiger partial charge in [-0.05, 0) is 42.2 Å². The van der Waals surface area contributed by atoms with Crippen molar-refractivity contribution in [3.05, 3.63) is 52.5 Å². The molecule has 0 saturated heterocycles. The number of aromatic carboxylic acids is 1. The molecule has 5 nitrogen and oxygen atoms in total. The number of ketones is 1. The summed E-state index contributed by atoms with van der Waals surface area (Å²) in [5, 5.41) is 16.5. The Morgan fingerprint density at radius 2 is 2.04 bits per heavy atom. The van der Waals surface area contributed by atoms with E-state index >= 15 is 0 Å². The molecule has 4 rings (SSSR count). The number of carboxylic acid groups (broad SMARTS) is 1. The van der Waals surface area contributed by atoms with E-state index in [1.165, 1.54) is 0 Å². The summed E-state index contributed by atoms with van der Waals surface area (Å²) in [5.74, 6) is -0.807. The zero-order valence-corrected chi connectivity index (χ0v) is 14.9. The summed E-state index contributed by atoms with van der Waals surface area (Å²) < 4.78 is 0. The summed E-state index contributed by atoms with van der Waals surface area (Å²) in [4.78, 5) is 24.4. The molecule has 1 unspecified atom stereocenters. The molecule has 0 amide bonds. The van der Waals surface area contributed by atoms with Gasteiger partial charge in [0.1, 0.15) is 5.54 Å². The molecule has 1 saturated carbocycles. The molecule has 1 atom stereocenters. The molecule has 1 heterocycles. The van der Waals surface area contributed by atoms with E-state index in [9.17, 15) is 14.7 Å². The number of Topliss-reactive ketones (excluding diaryl/α,β-unsaturated/α-hetero) is 1. The van der Waals surface area contributed by atoms with Gasteiger partial charge in [0.25, 0.3) is 0 Å². The van der Waals surface area contributed by atoms with Crippen molar-refractivity contribution in [3.63, 3.8) is 0 Å². The van der Waals surface area contributed by atoms with Crippen LogP contribution in [0.3, 0.4) is 0 Å². The minimum Gasteiger partial charge on any atom is -0.478 e. The Bertz CT molecular complexity index is 912. The van der Waals surface area contributed by atoms with Gasteiger partial charge in [-0.1, -0.05) is 36.2 Å². The molecule has 1 aliphatic carbocycles. The minimum atomic E-state index is -0.977. The molecule has 1 spiro atoms. The molecule has 0 bridgehead atoms. The maximum absolute atomic E-state index is 13.0. The van der Waals surface area contributed by atoms with E-state index in [0.717, 1.165) is 35.2 Å². The van der Waals surface area contributed by atoms with E-state index in [1.807, 2.05) is 12.1 Å². The van der Waals surface area contributed by atoms with E-state index in [2.05, 4.69) is 10.6 Å². The predicted octanol–water partition coefficient (Wildman–Crippen LogP) is 4.02. The van der Waals surface area contributed by atoms with E-state index in [0.29, 0.717) is 24.5 Å². The van der Waals surface area contributed by atoms with Gasteiger partial charge in [-0.3, -0.25) is 10.1 Å². The van der Waals surface area contributed by atoms with Crippen molar-refractivity contribution in [2.24, 2.45) is 0 Å². The van der Waals surface area contributed by atoms with Gasteiger partial charge in [0.15, 0.2) is 5.78 Å². The van der Waals surface area contributed by atoms with Crippen molar-refractivity contribution in [2.75, 3.05) is 12.0 Å². The number of fused-ring (bicyclic) bond motifs is 2. The average Bonchev–Trinajstić information content (AvgIpc) is 2.65. The van der Waals surface area contributed by atoms with Crippen LogP contribution in [0.25, 0.3) is 11.1 Å². The quantitative estimate of drug-likeness (QED) is 0.744. The lowest BCUT2D eigenvalue weighted by molar-refractivity contribution is -0.128. The largest absolute Gasteiger partial charge is 0.478 e. The van der Waals surface area contributed by atoms with Gasteiger partial charge in [-0.2, -0.15) is 0 Å². The van der Waals surface area contributed by atoms with Gasteiger partial charge in [-0.25, -0.2) is 4.79 Å². The fraction of sp³-hybridized carbons (Fsp3) is 0.300. The minimum absolute atomic E-state index is 0.171. The van der Waals surface area contributed by atoms with Crippen molar-refractivity contribution in [2.45, 2.75) is 31.2 Å². The van der Waals surface area contributed by atoms with Gasteiger partial charge in [0.2, 0.25) is 0 Å². The number of anilines is 1. The second-order valence-corrected chi connectivity index (χ2v) is 7.20. The normalized spacial score (nSPS) is 22.0. The van der Waals surface area contributed by atoms with Crippen LogP contribution in [0.4, 0.5) is 5.69 Å². The van der Waals surface area contributed by atoms with Crippen molar-refractivity contribution in [3.8, 4) is 11.1 Å². The zero-order valence-electron chi connectivity index (χ0n) is 14.1. The Kier molecular flexibility index (Phi) is 4.21. The van der Waals surface area contributed by atoms with Crippen molar-refractivity contribution in [1.82, 2.24) is 5.32 Å². The molecule has 0 radical (unpaired) electrons. The number of nitrogens with one attached hydrogen (secondary N) is 2. The Morgan fingerprint density at radius 3 is 2.81 bits per heavy atom.